The zero-order valence-electron chi connectivity index (χ0n) is 12.6. The molecule has 1 saturated heterocycles. The van der Waals surface area contributed by atoms with Gasteiger partial charge in [-0.3, -0.25) is 9.89 Å². The molecule has 0 bridgehead atoms. The van der Waals surface area contributed by atoms with Crippen molar-refractivity contribution in [3.05, 3.63) is 11.6 Å². The first kappa shape index (κ1) is 16.3. The van der Waals surface area contributed by atoms with Crippen LogP contribution in [0.3, 0.4) is 0 Å². The van der Waals surface area contributed by atoms with Crippen molar-refractivity contribution in [1.82, 2.24) is 20.1 Å². The van der Waals surface area contributed by atoms with Crippen molar-refractivity contribution in [2.24, 2.45) is 0 Å². The van der Waals surface area contributed by atoms with Crippen molar-refractivity contribution in [1.29, 1.82) is 0 Å². The highest BCUT2D eigenvalue weighted by molar-refractivity contribution is 8.00. The molecule has 2 rings (SSSR count). The lowest BCUT2D eigenvalue weighted by Gasteiger charge is -2.33. The molecule has 2 heterocycles. The van der Waals surface area contributed by atoms with Gasteiger partial charge in [-0.2, -0.15) is 11.8 Å². The van der Waals surface area contributed by atoms with Crippen LogP contribution in [0.25, 0.3) is 0 Å². The maximum Gasteiger partial charge on any atom is 0.294 e. The van der Waals surface area contributed by atoms with Crippen molar-refractivity contribution in [2.45, 2.75) is 31.6 Å². The Morgan fingerprint density at radius 1 is 1.43 bits per heavy atom. The van der Waals surface area contributed by atoms with Crippen LogP contribution in [0.2, 0.25) is 0 Å². The fraction of sp³-hybridized carbons (Fsp3) is 0.750. The Morgan fingerprint density at radius 2 is 2.10 bits per heavy atom. The summed E-state index contributed by atoms with van der Waals surface area (Å²) in [5, 5.41) is 5.90. The van der Waals surface area contributed by atoms with Crippen LogP contribution in [0.5, 0.6) is 0 Å². The van der Waals surface area contributed by atoms with Crippen LogP contribution in [-0.4, -0.2) is 64.1 Å². The number of nitrogens with zero attached hydrogens (tertiary/aromatic N) is 3. The Balaban J connectivity index is 2.27. The predicted octanol–water partition coefficient (Wildman–Crippen LogP) is 0.662. The Labute approximate surface area is 128 Å². The van der Waals surface area contributed by atoms with Crippen LogP contribution in [0, 0.1) is 0 Å². The van der Waals surface area contributed by atoms with Gasteiger partial charge in [0.05, 0.1) is 0 Å². The van der Waals surface area contributed by atoms with Gasteiger partial charge in [0.2, 0.25) is 5.82 Å². The molecule has 1 fully saturated rings. The normalized spacial score (nSPS) is 20.6. The van der Waals surface area contributed by atoms with Crippen molar-refractivity contribution < 1.29 is 13.2 Å². The van der Waals surface area contributed by atoms with E-state index in [-0.39, 0.29) is 11.2 Å². The molecule has 1 aliphatic heterocycles. The molecular weight excluding hydrogens is 312 g/mol. The van der Waals surface area contributed by atoms with Gasteiger partial charge in [-0.1, -0.05) is 20.8 Å². The van der Waals surface area contributed by atoms with Gasteiger partial charge in [-0.15, -0.1) is 5.10 Å². The Kier molecular flexibility index (Phi) is 4.34. The maximum atomic E-state index is 12.5. The standard InChI is InChI=1S/C12H20N4O3S2/c1-12(2,3)11-13-9(14-15-11)10(17)16-5-6-20-7-8(16)21(4,18)19/h8H,5-7H2,1-4H3,(H,13,14,15). The SMILES string of the molecule is CC(C)(C)c1nc(C(=O)N2CCSCC2S(C)(=O)=O)n[nH]1. The minimum atomic E-state index is -3.33. The first-order chi connectivity index (χ1) is 9.60. The van der Waals surface area contributed by atoms with Crippen LogP contribution < -0.4 is 0 Å². The molecule has 1 aromatic heterocycles. The van der Waals surface area contributed by atoms with Crippen LogP contribution in [0.1, 0.15) is 37.2 Å². The minimum Gasteiger partial charge on any atom is -0.317 e. The van der Waals surface area contributed by atoms with E-state index in [9.17, 15) is 13.2 Å². The molecule has 1 aliphatic rings. The topological polar surface area (TPSA) is 96.0 Å². The summed E-state index contributed by atoms with van der Waals surface area (Å²) in [6, 6.07) is 0. The van der Waals surface area contributed by atoms with Crippen LogP contribution in [0.4, 0.5) is 0 Å². The summed E-state index contributed by atoms with van der Waals surface area (Å²) in [6.07, 6.45) is 1.16. The van der Waals surface area contributed by atoms with Crippen molar-refractivity contribution in [3.63, 3.8) is 0 Å². The molecule has 21 heavy (non-hydrogen) atoms. The predicted molar refractivity (Wildman–Crippen MR) is 82.1 cm³/mol. The molecule has 0 aliphatic carbocycles. The number of rotatable bonds is 2. The van der Waals surface area contributed by atoms with E-state index in [2.05, 4.69) is 15.2 Å². The Hall–Kier alpha value is -1.09. The zero-order chi connectivity index (χ0) is 15.8. The number of hydrogen-bond donors (Lipinski definition) is 1. The van der Waals surface area contributed by atoms with E-state index in [1.165, 1.54) is 16.7 Å². The molecule has 1 N–H and O–H groups in total. The van der Waals surface area contributed by atoms with Crippen LogP contribution in [-0.2, 0) is 15.3 Å². The summed E-state index contributed by atoms with van der Waals surface area (Å²) < 4.78 is 23.7. The molecule has 0 radical (unpaired) electrons. The monoisotopic (exact) mass is 332 g/mol. The second-order valence-electron chi connectivity index (χ2n) is 6.12. The molecule has 1 unspecified atom stereocenters. The molecule has 1 atom stereocenters. The number of sulfone groups is 1. The van der Waals surface area contributed by atoms with Gasteiger partial charge >= 0.3 is 0 Å². The lowest BCUT2D eigenvalue weighted by Crippen LogP contribution is -2.50. The molecule has 1 amide bonds. The smallest absolute Gasteiger partial charge is 0.294 e. The fourth-order valence-corrected chi connectivity index (χ4v) is 4.80. The molecule has 0 spiro atoms. The van der Waals surface area contributed by atoms with E-state index in [4.69, 9.17) is 0 Å². The van der Waals surface area contributed by atoms with E-state index in [0.29, 0.717) is 23.9 Å². The lowest BCUT2D eigenvalue weighted by atomic mass is 9.96. The fourth-order valence-electron chi connectivity index (χ4n) is 1.99. The van der Waals surface area contributed by atoms with Gasteiger partial charge < -0.3 is 4.90 Å². The summed E-state index contributed by atoms with van der Waals surface area (Å²) in [4.78, 5) is 18.1. The van der Waals surface area contributed by atoms with E-state index in [1.807, 2.05) is 20.8 Å². The molecule has 0 saturated carbocycles. The number of aromatic nitrogens is 3. The third-order valence-electron chi connectivity index (χ3n) is 3.23. The van der Waals surface area contributed by atoms with E-state index in [0.717, 1.165) is 6.26 Å². The van der Waals surface area contributed by atoms with Gasteiger partial charge in [0.25, 0.3) is 5.91 Å². The highest BCUT2D eigenvalue weighted by Gasteiger charge is 2.36. The summed E-state index contributed by atoms with van der Waals surface area (Å²) >= 11 is 1.53. The third kappa shape index (κ3) is 3.57. The van der Waals surface area contributed by atoms with E-state index in [1.54, 1.807) is 0 Å². The van der Waals surface area contributed by atoms with E-state index < -0.39 is 21.1 Å². The highest BCUT2D eigenvalue weighted by atomic mass is 32.2. The number of thioether (sulfide) groups is 1. The van der Waals surface area contributed by atoms with Gasteiger partial charge in [-0.25, -0.2) is 13.4 Å². The second-order valence-corrected chi connectivity index (χ2v) is 9.47. The number of carbonyl (C=O) groups is 1. The largest absolute Gasteiger partial charge is 0.317 e. The molecule has 0 aromatic carbocycles. The van der Waals surface area contributed by atoms with Crippen LogP contribution >= 0.6 is 11.8 Å². The second kappa shape index (κ2) is 5.60. The summed E-state index contributed by atoms with van der Waals surface area (Å²) in [5.74, 6) is 1.31. The lowest BCUT2D eigenvalue weighted by molar-refractivity contribution is 0.0737. The molecule has 7 nitrogen and oxygen atoms in total. The maximum absolute atomic E-state index is 12.5. The minimum absolute atomic E-state index is 0.0282. The number of aromatic amines is 1. The van der Waals surface area contributed by atoms with Gasteiger partial charge in [0.1, 0.15) is 11.2 Å². The quantitative estimate of drug-likeness (QED) is 0.855. The summed E-state index contributed by atoms with van der Waals surface area (Å²) in [7, 11) is -3.33. The molecule has 1 aromatic rings. The number of nitrogens with one attached hydrogen (secondary N) is 1. The van der Waals surface area contributed by atoms with Crippen molar-refractivity contribution >= 4 is 27.5 Å². The van der Waals surface area contributed by atoms with Gasteiger partial charge in [-0.05, 0) is 0 Å². The first-order valence-corrected chi connectivity index (χ1v) is 9.72. The third-order valence-corrected chi connectivity index (χ3v) is 5.87. The Bertz CT molecular complexity index is 633. The average molecular weight is 332 g/mol. The van der Waals surface area contributed by atoms with Crippen molar-refractivity contribution in [2.75, 3.05) is 24.3 Å². The van der Waals surface area contributed by atoms with E-state index >= 15 is 0 Å². The number of amides is 1. The number of carbonyl (C=O) groups excluding carboxylic acids is 1. The highest BCUT2D eigenvalue weighted by Crippen LogP contribution is 2.23. The summed E-state index contributed by atoms with van der Waals surface area (Å²) in [6.45, 7) is 6.26. The molecule has 9 heteroatoms. The molecule has 118 valence electrons. The average Bonchev–Trinajstić information content (AvgIpc) is 2.86. The number of H-pyrrole nitrogens is 1. The van der Waals surface area contributed by atoms with Gasteiger partial charge in [0.15, 0.2) is 9.84 Å². The first-order valence-electron chi connectivity index (χ1n) is 6.61. The zero-order valence-corrected chi connectivity index (χ0v) is 14.2. The Morgan fingerprint density at radius 3 is 2.62 bits per heavy atom. The molecular formula is C12H20N4O3S2. The summed E-state index contributed by atoms with van der Waals surface area (Å²) in [5.41, 5.74) is -0.250. The number of hydrogen-bond acceptors (Lipinski definition) is 6. The van der Waals surface area contributed by atoms with Crippen LogP contribution in [0.15, 0.2) is 0 Å². The van der Waals surface area contributed by atoms with Crippen molar-refractivity contribution in [3.8, 4) is 0 Å². The van der Waals surface area contributed by atoms with Gasteiger partial charge in [0, 0.05) is 29.7 Å².